The molecule has 2 aromatic rings. The van der Waals surface area contributed by atoms with Crippen molar-refractivity contribution >= 4 is 15.9 Å². The zero-order valence-electron chi connectivity index (χ0n) is 16.5. The second kappa shape index (κ2) is 8.10. The van der Waals surface area contributed by atoms with Crippen LogP contribution in [0, 0.1) is 20.8 Å². The number of benzene rings is 2. The fourth-order valence-electron chi connectivity index (χ4n) is 2.98. The predicted octanol–water partition coefficient (Wildman–Crippen LogP) is 3.02. The molecular weight excluding hydrogens is 364 g/mol. The van der Waals surface area contributed by atoms with E-state index in [0.717, 1.165) is 22.3 Å². The third kappa shape index (κ3) is 4.48. The molecule has 6 nitrogen and oxygen atoms in total. The maximum absolute atomic E-state index is 12.9. The molecule has 1 amide bonds. The molecule has 1 atom stereocenters. The van der Waals surface area contributed by atoms with E-state index in [1.165, 1.54) is 32.4 Å². The number of carbonyl (C=O) groups excluding carboxylic acids is 1. The number of sulfonamides is 1. The van der Waals surface area contributed by atoms with Gasteiger partial charge in [0, 0.05) is 13.1 Å². The number of amides is 1. The van der Waals surface area contributed by atoms with E-state index in [9.17, 15) is 13.2 Å². The molecule has 0 radical (unpaired) electrons. The number of carbonyl (C=O) groups is 1. The van der Waals surface area contributed by atoms with E-state index < -0.39 is 22.0 Å². The number of rotatable bonds is 6. The van der Waals surface area contributed by atoms with Gasteiger partial charge in [0.1, 0.15) is 5.75 Å². The van der Waals surface area contributed by atoms with Crippen molar-refractivity contribution in [3.8, 4) is 5.75 Å². The molecule has 0 aromatic heterocycles. The maximum atomic E-state index is 12.9. The lowest BCUT2D eigenvalue weighted by Crippen LogP contribution is -2.28. The number of hydrogen-bond acceptors (Lipinski definition) is 4. The molecule has 0 unspecified atom stereocenters. The number of methoxy groups -OCH3 is 1. The molecule has 2 N–H and O–H groups in total. The highest BCUT2D eigenvalue weighted by Gasteiger charge is 2.22. The topological polar surface area (TPSA) is 84.5 Å². The van der Waals surface area contributed by atoms with Crippen LogP contribution >= 0.6 is 0 Å². The average molecular weight is 391 g/mol. The molecule has 27 heavy (non-hydrogen) atoms. The highest BCUT2D eigenvalue weighted by Crippen LogP contribution is 2.26. The molecule has 0 saturated heterocycles. The Morgan fingerprint density at radius 1 is 1.04 bits per heavy atom. The Morgan fingerprint density at radius 3 is 2.26 bits per heavy atom. The van der Waals surface area contributed by atoms with Gasteiger partial charge in [-0.3, -0.25) is 4.79 Å². The first-order valence-electron chi connectivity index (χ1n) is 8.61. The smallest absolute Gasteiger partial charge is 0.254 e. The van der Waals surface area contributed by atoms with Gasteiger partial charge in [-0.25, -0.2) is 13.1 Å². The lowest BCUT2D eigenvalue weighted by Gasteiger charge is -2.19. The van der Waals surface area contributed by atoms with Crippen LogP contribution in [0.3, 0.4) is 0 Å². The second-order valence-corrected chi connectivity index (χ2v) is 8.29. The van der Waals surface area contributed by atoms with Crippen molar-refractivity contribution in [2.24, 2.45) is 0 Å². The van der Waals surface area contributed by atoms with E-state index in [1.807, 2.05) is 32.9 Å². The van der Waals surface area contributed by atoms with Crippen LogP contribution in [-0.2, 0) is 10.0 Å². The number of ether oxygens (including phenoxy) is 1. The summed E-state index contributed by atoms with van der Waals surface area (Å²) in [7, 11) is -0.915. The Balaban J connectivity index is 2.39. The fraction of sp³-hybridized carbons (Fsp3) is 0.350. The van der Waals surface area contributed by atoms with E-state index in [1.54, 1.807) is 6.92 Å². The first-order chi connectivity index (χ1) is 12.6. The largest absolute Gasteiger partial charge is 0.496 e. The van der Waals surface area contributed by atoms with Gasteiger partial charge in [-0.2, -0.15) is 0 Å². The molecule has 0 aliphatic heterocycles. The standard InChI is InChI=1S/C20H26N2O4S/c1-12-9-14(3)17(10-13(12)2)15(4)22-27(24,25)16-7-8-19(26-6)18(11-16)20(23)21-5/h7-11,15,22H,1-6H3,(H,21,23)/t15-/m0/s1. The summed E-state index contributed by atoms with van der Waals surface area (Å²) in [5.41, 5.74) is 4.37. The minimum Gasteiger partial charge on any atom is -0.496 e. The summed E-state index contributed by atoms with van der Waals surface area (Å²) in [4.78, 5) is 12.0. The summed E-state index contributed by atoms with van der Waals surface area (Å²) in [5.74, 6) is -0.103. The first kappa shape index (κ1) is 20.9. The summed E-state index contributed by atoms with van der Waals surface area (Å²) in [6, 6.07) is 7.85. The van der Waals surface area contributed by atoms with E-state index in [2.05, 4.69) is 10.0 Å². The van der Waals surface area contributed by atoms with Gasteiger partial charge in [-0.15, -0.1) is 0 Å². The lowest BCUT2D eigenvalue weighted by molar-refractivity contribution is 0.0960. The summed E-state index contributed by atoms with van der Waals surface area (Å²) in [6.45, 7) is 7.79. The van der Waals surface area contributed by atoms with Gasteiger partial charge in [0.05, 0.1) is 17.6 Å². The van der Waals surface area contributed by atoms with Crippen LogP contribution in [-0.4, -0.2) is 28.5 Å². The molecule has 2 rings (SSSR count). The van der Waals surface area contributed by atoms with Crippen molar-refractivity contribution in [3.05, 3.63) is 58.1 Å². The minimum atomic E-state index is -3.82. The van der Waals surface area contributed by atoms with Crippen LogP contribution in [0.5, 0.6) is 5.75 Å². The van der Waals surface area contributed by atoms with Crippen molar-refractivity contribution in [1.82, 2.24) is 10.0 Å². The molecule has 0 spiro atoms. The number of aryl methyl sites for hydroxylation is 3. The quantitative estimate of drug-likeness (QED) is 0.794. The Morgan fingerprint density at radius 2 is 1.67 bits per heavy atom. The van der Waals surface area contributed by atoms with Gasteiger partial charge in [0.25, 0.3) is 5.91 Å². The molecule has 7 heteroatoms. The van der Waals surface area contributed by atoms with Gasteiger partial charge < -0.3 is 10.1 Å². The SMILES string of the molecule is CNC(=O)c1cc(S(=O)(=O)N[C@@H](C)c2cc(C)c(C)cc2C)ccc1OC. The van der Waals surface area contributed by atoms with Crippen molar-refractivity contribution in [2.45, 2.75) is 38.6 Å². The summed E-state index contributed by atoms with van der Waals surface area (Å²) in [5, 5.41) is 2.49. The average Bonchev–Trinajstić information content (AvgIpc) is 2.62. The maximum Gasteiger partial charge on any atom is 0.254 e. The third-order valence-corrected chi connectivity index (χ3v) is 6.17. The van der Waals surface area contributed by atoms with Gasteiger partial charge in [0.2, 0.25) is 10.0 Å². The zero-order valence-corrected chi connectivity index (χ0v) is 17.3. The first-order valence-corrected chi connectivity index (χ1v) is 10.1. The van der Waals surface area contributed by atoms with Gasteiger partial charge in [-0.1, -0.05) is 12.1 Å². The number of nitrogens with one attached hydrogen (secondary N) is 2. The van der Waals surface area contributed by atoms with Crippen molar-refractivity contribution in [1.29, 1.82) is 0 Å². The van der Waals surface area contributed by atoms with Crippen LogP contribution in [0.25, 0.3) is 0 Å². The van der Waals surface area contributed by atoms with Crippen LogP contribution in [0.15, 0.2) is 35.2 Å². The Labute approximate surface area is 161 Å². The van der Waals surface area contributed by atoms with Crippen molar-refractivity contribution in [3.63, 3.8) is 0 Å². The highest BCUT2D eigenvalue weighted by molar-refractivity contribution is 7.89. The highest BCUT2D eigenvalue weighted by atomic mass is 32.2. The number of hydrogen-bond donors (Lipinski definition) is 2. The third-order valence-electron chi connectivity index (χ3n) is 4.63. The van der Waals surface area contributed by atoms with Crippen LogP contribution in [0.1, 0.15) is 45.6 Å². The van der Waals surface area contributed by atoms with Gasteiger partial charge in [0.15, 0.2) is 0 Å². The van der Waals surface area contributed by atoms with Crippen molar-refractivity contribution < 1.29 is 17.9 Å². The Kier molecular flexibility index (Phi) is 6.28. The van der Waals surface area contributed by atoms with E-state index in [0.29, 0.717) is 5.75 Å². The van der Waals surface area contributed by atoms with Crippen molar-refractivity contribution in [2.75, 3.05) is 14.2 Å². The fourth-order valence-corrected chi connectivity index (χ4v) is 4.23. The molecule has 146 valence electrons. The summed E-state index contributed by atoms with van der Waals surface area (Å²) >= 11 is 0. The summed E-state index contributed by atoms with van der Waals surface area (Å²) in [6.07, 6.45) is 0. The predicted molar refractivity (Wildman–Crippen MR) is 106 cm³/mol. The molecular formula is C20H26N2O4S. The van der Waals surface area contributed by atoms with Crippen LogP contribution in [0.2, 0.25) is 0 Å². The zero-order chi connectivity index (χ0) is 20.4. The molecule has 0 bridgehead atoms. The van der Waals surface area contributed by atoms with E-state index in [4.69, 9.17) is 4.74 Å². The minimum absolute atomic E-state index is 0.00948. The molecule has 0 saturated carbocycles. The van der Waals surface area contributed by atoms with E-state index in [-0.39, 0.29) is 10.5 Å². The Bertz CT molecular complexity index is 968. The van der Waals surface area contributed by atoms with Gasteiger partial charge in [-0.05, 0) is 68.1 Å². The normalized spacial score (nSPS) is 12.5. The molecule has 0 fully saturated rings. The lowest BCUT2D eigenvalue weighted by atomic mass is 9.97. The second-order valence-electron chi connectivity index (χ2n) is 6.58. The monoisotopic (exact) mass is 390 g/mol. The molecule has 2 aromatic carbocycles. The van der Waals surface area contributed by atoms with Crippen LogP contribution in [0.4, 0.5) is 0 Å². The van der Waals surface area contributed by atoms with E-state index >= 15 is 0 Å². The summed E-state index contributed by atoms with van der Waals surface area (Å²) < 4.78 is 33.6. The molecule has 0 aliphatic rings. The Hall–Kier alpha value is -2.38. The van der Waals surface area contributed by atoms with Gasteiger partial charge >= 0.3 is 0 Å². The van der Waals surface area contributed by atoms with Crippen LogP contribution < -0.4 is 14.8 Å². The molecule has 0 heterocycles. The molecule has 0 aliphatic carbocycles.